The Morgan fingerprint density at radius 2 is 1.85 bits per heavy atom. The van der Waals surface area contributed by atoms with E-state index in [2.05, 4.69) is 27.7 Å². The Balaban J connectivity index is 2.66. The predicted molar refractivity (Wildman–Crippen MR) is 56.8 cm³/mol. The van der Waals surface area contributed by atoms with Gasteiger partial charge in [0.1, 0.15) is 0 Å². The molecule has 0 spiro atoms. The minimum atomic E-state index is 0.413. The molecule has 1 rings (SSSR count). The van der Waals surface area contributed by atoms with Crippen molar-refractivity contribution in [2.45, 2.75) is 47.0 Å². The van der Waals surface area contributed by atoms with Crippen LogP contribution in [-0.2, 0) is 4.74 Å². The smallest absolute Gasteiger partial charge is 0.0516 e. The van der Waals surface area contributed by atoms with Crippen LogP contribution in [0.1, 0.15) is 47.0 Å². The highest BCUT2D eigenvalue weighted by molar-refractivity contribution is 4.90. The Morgan fingerprint density at radius 1 is 1.23 bits per heavy atom. The summed E-state index contributed by atoms with van der Waals surface area (Å²) in [6, 6.07) is 0. The summed E-state index contributed by atoms with van der Waals surface area (Å²) in [7, 11) is 1.82. The number of methoxy groups -OCH3 is 1. The molecule has 0 unspecified atom stereocenters. The SMILES string of the molecule is COC[C@]1(C)C[C@@H](C)CC(C)(C)C1. The van der Waals surface area contributed by atoms with Gasteiger partial charge in [-0.2, -0.15) is 0 Å². The van der Waals surface area contributed by atoms with E-state index in [0.717, 1.165) is 12.5 Å². The molecule has 13 heavy (non-hydrogen) atoms. The van der Waals surface area contributed by atoms with Crippen molar-refractivity contribution in [1.82, 2.24) is 0 Å². The fourth-order valence-corrected chi connectivity index (χ4v) is 3.61. The number of hydrogen-bond acceptors (Lipinski definition) is 1. The van der Waals surface area contributed by atoms with Crippen molar-refractivity contribution >= 4 is 0 Å². The molecular weight excluding hydrogens is 160 g/mol. The lowest BCUT2D eigenvalue weighted by molar-refractivity contribution is -0.00306. The van der Waals surface area contributed by atoms with Crippen LogP contribution >= 0.6 is 0 Å². The Bertz CT molecular complexity index is 174. The Hall–Kier alpha value is -0.0400. The Kier molecular flexibility index (Phi) is 3.06. The van der Waals surface area contributed by atoms with E-state index >= 15 is 0 Å². The highest BCUT2D eigenvalue weighted by atomic mass is 16.5. The van der Waals surface area contributed by atoms with E-state index in [9.17, 15) is 0 Å². The van der Waals surface area contributed by atoms with Gasteiger partial charge in [0.2, 0.25) is 0 Å². The molecule has 0 aliphatic heterocycles. The van der Waals surface area contributed by atoms with Crippen LogP contribution in [-0.4, -0.2) is 13.7 Å². The van der Waals surface area contributed by atoms with Crippen LogP contribution in [0.2, 0.25) is 0 Å². The van der Waals surface area contributed by atoms with Gasteiger partial charge in [-0.15, -0.1) is 0 Å². The van der Waals surface area contributed by atoms with Gasteiger partial charge in [-0.1, -0.05) is 27.7 Å². The number of ether oxygens (including phenoxy) is 1. The second-order valence-corrected chi connectivity index (χ2v) is 6.10. The maximum absolute atomic E-state index is 5.33. The summed E-state index contributed by atoms with van der Waals surface area (Å²) in [6.07, 6.45) is 3.99. The van der Waals surface area contributed by atoms with Gasteiger partial charge < -0.3 is 4.74 Å². The third-order valence-corrected chi connectivity index (χ3v) is 3.14. The summed E-state index contributed by atoms with van der Waals surface area (Å²) in [5.74, 6) is 0.851. The molecule has 1 saturated carbocycles. The number of hydrogen-bond donors (Lipinski definition) is 0. The monoisotopic (exact) mass is 184 g/mol. The molecule has 1 heteroatoms. The van der Waals surface area contributed by atoms with Crippen LogP contribution in [0, 0.1) is 16.7 Å². The number of rotatable bonds is 2. The molecule has 0 amide bonds. The molecule has 0 heterocycles. The van der Waals surface area contributed by atoms with Crippen molar-refractivity contribution in [3.05, 3.63) is 0 Å². The fraction of sp³-hybridized carbons (Fsp3) is 1.00. The third kappa shape index (κ3) is 2.98. The Morgan fingerprint density at radius 3 is 2.31 bits per heavy atom. The third-order valence-electron chi connectivity index (χ3n) is 3.14. The van der Waals surface area contributed by atoms with Gasteiger partial charge >= 0.3 is 0 Å². The lowest BCUT2D eigenvalue weighted by atomic mass is 9.61. The van der Waals surface area contributed by atoms with Gasteiger partial charge in [0.05, 0.1) is 6.61 Å². The minimum absolute atomic E-state index is 0.413. The molecule has 0 aromatic heterocycles. The summed E-state index contributed by atoms with van der Waals surface area (Å²) in [5.41, 5.74) is 0.918. The largest absolute Gasteiger partial charge is 0.384 e. The molecule has 0 N–H and O–H groups in total. The van der Waals surface area contributed by atoms with Crippen LogP contribution < -0.4 is 0 Å². The van der Waals surface area contributed by atoms with Crippen LogP contribution in [0.4, 0.5) is 0 Å². The summed E-state index contributed by atoms with van der Waals surface area (Å²) in [4.78, 5) is 0. The standard InChI is InChI=1S/C12H24O/c1-10-6-11(2,3)8-12(4,7-10)9-13-5/h10H,6-9H2,1-5H3/t10-,12+/m0/s1. The van der Waals surface area contributed by atoms with Crippen molar-refractivity contribution in [3.63, 3.8) is 0 Å². The summed E-state index contributed by atoms with van der Waals surface area (Å²) >= 11 is 0. The predicted octanol–water partition coefficient (Wildman–Crippen LogP) is 3.49. The second-order valence-electron chi connectivity index (χ2n) is 6.10. The first-order valence-corrected chi connectivity index (χ1v) is 5.36. The highest BCUT2D eigenvalue weighted by Gasteiger charge is 2.39. The maximum atomic E-state index is 5.33. The molecule has 1 aliphatic rings. The molecule has 1 fully saturated rings. The first kappa shape index (κ1) is 11.0. The molecule has 0 radical (unpaired) electrons. The first-order chi connectivity index (χ1) is 5.87. The molecule has 0 saturated heterocycles. The summed E-state index contributed by atoms with van der Waals surface area (Å²) < 4.78 is 5.33. The molecule has 0 aromatic carbocycles. The van der Waals surface area contributed by atoms with E-state index in [1.165, 1.54) is 19.3 Å². The molecule has 0 aromatic rings. The topological polar surface area (TPSA) is 9.23 Å². The van der Waals surface area contributed by atoms with Gasteiger partial charge in [-0.3, -0.25) is 0 Å². The lowest BCUT2D eigenvalue weighted by Gasteiger charge is -2.45. The van der Waals surface area contributed by atoms with Crippen molar-refractivity contribution < 1.29 is 4.74 Å². The molecule has 1 aliphatic carbocycles. The summed E-state index contributed by atoms with van der Waals surface area (Å²) in [6.45, 7) is 10.4. The second kappa shape index (κ2) is 3.61. The quantitative estimate of drug-likeness (QED) is 0.638. The van der Waals surface area contributed by atoms with Gasteiger partial charge in [0.15, 0.2) is 0 Å². The van der Waals surface area contributed by atoms with E-state index in [0.29, 0.717) is 10.8 Å². The average Bonchev–Trinajstić information content (AvgIpc) is 1.78. The van der Waals surface area contributed by atoms with Gasteiger partial charge in [-0.05, 0) is 36.0 Å². The normalized spacial score (nSPS) is 39.0. The molecular formula is C12H24O. The van der Waals surface area contributed by atoms with Crippen molar-refractivity contribution in [2.75, 3.05) is 13.7 Å². The fourth-order valence-electron chi connectivity index (χ4n) is 3.61. The first-order valence-electron chi connectivity index (χ1n) is 5.36. The van der Waals surface area contributed by atoms with Crippen molar-refractivity contribution in [1.29, 1.82) is 0 Å². The molecule has 78 valence electrons. The molecule has 0 bridgehead atoms. The zero-order valence-corrected chi connectivity index (χ0v) is 9.81. The minimum Gasteiger partial charge on any atom is -0.384 e. The van der Waals surface area contributed by atoms with Crippen LogP contribution in [0.5, 0.6) is 0 Å². The molecule has 2 atom stereocenters. The van der Waals surface area contributed by atoms with Gasteiger partial charge in [-0.25, -0.2) is 0 Å². The van der Waals surface area contributed by atoms with E-state index in [-0.39, 0.29) is 0 Å². The average molecular weight is 184 g/mol. The zero-order valence-electron chi connectivity index (χ0n) is 9.81. The maximum Gasteiger partial charge on any atom is 0.0516 e. The van der Waals surface area contributed by atoms with Crippen molar-refractivity contribution in [3.8, 4) is 0 Å². The van der Waals surface area contributed by atoms with E-state index in [1.54, 1.807) is 0 Å². The highest BCUT2D eigenvalue weighted by Crippen LogP contribution is 2.48. The summed E-state index contributed by atoms with van der Waals surface area (Å²) in [5, 5.41) is 0. The van der Waals surface area contributed by atoms with Crippen molar-refractivity contribution in [2.24, 2.45) is 16.7 Å². The van der Waals surface area contributed by atoms with E-state index in [4.69, 9.17) is 4.74 Å². The van der Waals surface area contributed by atoms with Crippen LogP contribution in [0.15, 0.2) is 0 Å². The molecule has 1 nitrogen and oxygen atoms in total. The zero-order chi connectivity index (χ0) is 10.1. The van der Waals surface area contributed by atoms with Crippen LogP contribution in [0.25, 0.3) is 0 Å². The van der Waals surface area contributed by atoms with E-state index < -0.39 is 0 Å². The van der Waals surface area contributed by atoms with Crippen LogP contribution in [0.3, 0.4) is 0 Å². The van der Waals surface area contributed by atoms with Gasteiger partial charge in [0.25, 0.3) is 0 Å². The van der Waals surface area contributed by atoms with E-state index in [1.807, 2.05) is 7.11 Å². The van der Waals surface area contributed by atoms with Gasteiger partial charge in [0, 0.05) is 7.11 Å². The Labute approximate surface area is 82.9 Å². The lowest BCUT2D eigenvalue weighted by Crippen LogP contribution is -2.37.